The van der Waals surface area contributed by atoms with Crippen molar-refractivity contribution in [2.24, 2.45) is 0 Å². The van der Waals surface area contributed by atoms with E-state index in [1.165, 1.54) is 0 Å². The Morgan fingerprint density at radius 3 is 2.47 bits per heavy atom. The van der Waals surface area contributed by atoms with Crippen molar-refractivity contribution in [2.45, 2.75) is 18.9 Å². The molecule has 1 aliphatic rings. The predicted molar refractivity (Wildman–Crippen MR) is 69.7 cm³/mol. The number of hydrogen-bond acceptors (Lipinski definition) is 4. The van der Waals surface area contributed by atoms with Crippen molar-refractivity contribution >= 4 is 11.4 Å². The maximum absolute atomic E-state index is 6.04. The number of rotatable bonds is 3. The third kappa shape index (κ3) is 2.64. The predicted octanol–water partition coefficient (Wildman–Crippen LogP) is 1.89. The van der Waals surface area contributed by atoms with E-state index >= 15 is 0 Å². The first kappa shape index (κ1) is 12.0. The zero-order valence-corrected chi connectivity index (χ0v) is 10.5. The summed E-state index contributed by atoms with van der Waals surface area (Å²) in [5, 5.41) is 0. The molecular formula is C13H20N2O2. The van der Waals surface area contributed by atoms with Crippen LogP contribution in [0.15, 0.2) is 18.2 Å². The van der Waals surface area contributed by atoms with Crippen LogP contribution < -0.4 is 15.4 Å². The molecule has 94 valence electrons. The molecule has 0 atom stereocenters. The highest BCUT2D eigenvalue weighted by atomic mass is 16.5. The lowest BCUT2D eigenvalue weighted by atomic mass is 10.1. The number of hydrogen-bond donors (Lipinski definition) is 1. The lowest BCUT2D eigenvalue weighted by Crippen LogP contribution is -2.36. The Morgan fingerprint density at radius 2 is 1.94 bits per heavy atom. The Labute approximate surface area is 102 Å². The van der Waals surface area contributed by atoms with Gasteiger partial charge in [0.2, 0.25) is 0 Å². The van der Waals surface area contributed by atoms with Gasteiger partial charge in [0, 0.05) is 26.3 Å². The first-order chi connectivity index (χ1) is 8.24. The molecule has 0 radical (unpaired) electrons. The minimum Gasteiger partial charge on any atom is -0.497 e. The molecule has 1 aromatic carbocycles. The van der Waals surface area contributed by atoms with E-state index in [0.717, 1.165) is 43.1 Å². The normalized spacial score (nSPS) is 17.2. The van der Waals surface area contributed by atoms with Crippen LogP contribution in [0, 0.1) is 0 Å². The van der Waals surface area contributed by atoms with E-state index in [2.05, 4.69) is 4.90 Å². The molecule has 2 rings (SSSR count). The molecule has 0 unspecified atom stereocenters. The number of nitrogens with zero attached hydrogens (tertiary/aromatic N) is 1. The third-order valence-corrected chi connectivity index (χ3v) is 3.35. The fourth-order valence-corrected chi connectivity index (χ4v) is 2.28. The van der Waals surface area contributed by atoms with Crippen LogP contribution in [0.5, 0.6) is 5.75 Å². The largest absolute Gasteiger partial charge is 0.497 e. The number of nitrogens with two attached hydrogens (primary N) is 1. The fourth-order valence-electron chi connectivity index (χ4n) is 2.28. The summed E-state index contributed by atoms with van der Waals surface area (Å²) in [6, 6.07) is 5.85. The van der Waals surface area contributed by atoms with Crippen LogP contribution in [0.4, 0.5) is 11.4 Å². The highest BCUT2D eigenvalue weighted by Crippen LogP contribution is 2.29. The number of piperidine rings is 1. The van der Waals surface area contributed by atoms with Crippen LogP contribution in [-0.2, 0) is 4.74 Å². The summed E-state index contributed by atoms with van der Waals surface area (Å²) in [5.74, 6) is 0.804. The molecule has 1 fully saturated rings. The summed E-state index contributed by atoms with van der Waals surface area (Å²) in [5.41, 5.74) is 7.92. The van der Waals surface area contributed by atoms with Crippen molar-refractivity contribution in [3.8, 4) is 5.75 Å². The molecule has 4 nitrogen and oxygen atoms in total. The molecule has 0 saturated carbocycles. The molecule has 1 heterocycles. The van der Waals surface area contributed by atoms with Crippen molar-refractivity contribution in [2.75, 3.05) is 37.9 Å². The van der Waals surface area contributed by atoms with Crippen LogP contribution in [0.2, 0.25) is 0 Å². The Hall–Kier alpha value is -1.42. The molecule has 0 amide bonds. The van der Waals surface area contributed by atoms with Crippen LogP contribution in [0.3, 0.4) is 0 Å². The van der Waals surface area contributed by atoms with Gasteiger partial charge in [0.1, 0.15) is 5.75 Å². The van der Waals surface area contributed by atoms with Gasteiger partial charge in [-0.2, -0.15) is 0 Å². The maximum Gasteiger partial charge on any atom is 0.121 e. The second-order valence-corrected chi connectivity index (χ2v) is 4.35. The number of methoxy groups -OCH3 is 2. The number of ether oxygens (including phenoxy) is 2. The molecule has 4 heteroatoms. The van der Waals surface area contributed by atoms with Crippen LogP contribution >= 0.6 is 0 Å². The van der Waals surface area contributed by atoms with Crippen molar-refractivity contribution in [3.05, 3.63) is 18.2 Å². The van der Waals surface area contributed by atoms with Gasteiger partial charge in [-0.1, -0.05) is 0 Å². The zero-order chi connectivity index (χ0) is 12.3. The van der Waals surface area contributed by atoms with E-state index in [4.69, 9.17) is 15.2 Å². The monoisotopic (exact) mass is 236 g/mol. The SMILES string of the molecule is COc1ccc(N2CCC(OC)CC2)c(N)c1. The van der Waals surface area contributed by atoms with Gasteiger partial charge >= 0.3 is 0 Å². The molecule has 1 aromatic rings. The Morgan fingerprint density at radius 1 is 1.24 bits per heavy atom. The summed E-state index contributed by atoms with van der Waals surface area (Å²) >= 11 is 0. The van der Waals surface area contributed by atoms with Crippen LogP contribution in [0.1, 0.15) is 12.8 Å². The van der Waals surface area contributed by atoms with E-state index in [-0.39, 0.29) is 0 Å². The highest BCUT2D eigenvalue weighted by molar-refractivity contribution is 5.69. The topological polar surface area (TPSA) is 47.7 Å². The van der Waals surface area contributed by atoms with E-state index in [1.807, 2.05) is 18.2 Å². The average molecular weight is 236 g/mol. The fraction of sp³-hybridized carbons (Fsp3) is 0.538. The van der Waals surface area contributed by atoms with Crippen LogP contribution in [-0.4, -0.2) is 33.4 Å². The number of nitrogen functional groups attached to an aromatic ring is 1. The van der Waals surface area contributed by atoms with E-state index in [9.17, 15) is 0 Å². The smallest absolute Gasteiger partial charge is 0.121 e. The molecule has 1 saturated heterocycles. The Bertz CT molecular complexity index is 374. The standard InChI is InChI=1S/C13H20N2O2/c1-16-10-5-7-15(8-6-10)13-4-3-11(17-2)9-12(13)14/h3-4,9-10H,5-8,14H2,1-2H3. The van der Waals surface area contributed by atoms with Crippen molar-refractivity contribution < 1.29 is 9.47 Å². The Balaban J connectivity index is 2.08. The van der Waals surface area contributed by atoms with Gasteiger partial charge < -0.3 is 20.1 Å². The van der Waals surface area contributed by atoms with Gasteiger partial charge in [0.05, 0.1) is 24.6 Å². The molecule has 0 aromatic heterocycles. The van der Waals surface area contributed by atoms with Gasteiger partial charge in [-0.15, -0.1) is 0 Å². The second kappa shape index (κ2) is 5.27. The van der Waals surface area contributed by atoms with Crippen molar-refractivity contribution in [1.29, 1.82) is 0 Å². The van der Waals surface area contributed by atoms with Gasteiger partial charge in [0.25, 0.3) is 0 Å². The molecule has 17 heavy (non-hydrogen) atoms. The third-order valence-electron chi connectivity index (χ3n) is 3.35. The van der Waals surface area contributed by atoms with Gasteiger partial charge in [-0.3, -0.25) is 0 Å². The summed E-state index contributed by atoms with van der Waals surface area (Å²) in [7, 11) is 3.43. The maximum atomic E-state index is 6.04. The molecular weight excluding hydrogens is 216 g/mol. The van der Waals surface area contributed by atoms with Crippen molar-refractivity contribution in [1.82, 2.24) is 0 Å². The first-order valence-electron chi connectivity index (χ1n) is 5.96. The summed E-state index contributed by atoms with van der Waals surface area (Å²) in [4.78, 5) is 2.31. The van der Waals surface area contributed by atoms with Gasteiger partial charge in [-0.05, 0) is 25.0 Å². The van der Waals surface area contributed by atoms with E-state index in [0.29, 0.717) is 6.10 Å². The van der Waals surface area contributed by atoms with Crippen molar-refractivity contribution in [3.63, 3.8) is 0 Å². The molecule has 0 spiro atoms. The minimum atomic E-state index is 0.394. The van der Waals surface area contributed by atoms with Gasteiger partial charge in [0.15, 0.2) is 0 Å². The lowest BCUT2D eigenvalue weighted by molar-refractivity contribution is 0.0819. The zero-order valence-electron chi connectivity index (χ0n) is 10.5. The molecule has 2 N–H and O–H groups in total. The van der Waals surface area contributed by atoms with E-state index in [1.54, 1.807) is 14.2 Å². The molecule has 1 aliphatic heterocycles. The minimum absolute atomic E-state index is 0.394. The second-order valence-electron chi connectivity index (χ2n) is 4.35. The molecule has 0 aliphatic carbocycles. The summed E-state index contributed by atoms with van der Waals surface area (Å²) in [6.45, 7) is 1.99. The lowest BCUT2D eigenvalue weighted by Gasteiger charge is -2.33. The highest BCUT2D eigenvalue weighted by Gasteiger charge is 2.20. The summed E-state index contributed by atoms with van der Waals surface area (Å²) < 4.78 is 10.5. The summed E-state index contributed by atoms with van der Waals surface area (Å²) in [6.07, 6.45) is 2.51. The quantitative estimate of drug-likeness (QED) is 0.814. The van der Waals surface area contributed by atoms with Crippen LogP contribution in [0.25, 0.3) is 0 Å². The number of benzene rings is 1. The number of anilines is 2. The van der Waals surface area contributed by atoms with E-state index < -0.39 is 0 Å². The first-order valence-corrected chi connectivity index (χ1v) is 5.96. The average Bonchev–Trinajstić information content (AvgIpc) is 2.39. The molecule has 0 bridgehead atoms. The van der Waals surface area contributed by atoms with Gasteiger partial charge in [-0.25, -0.2) is 0 Å². The Kier molecular flexibility index (Phi) is 3.74.